The molecule has 0 saturated heterocycles. The third-order valence-electron chi connectivity index (χ3n) is 2.67. The maximum Gasteiger partial charge on any atom is 0.407 e. The minimum Gasteiger partial charge on any atom is -0.444 e. The summed E-state index contributed by atoms with van der Waals surface area (Å²) in [6.45, 7) is 5.48. The van der Waals surface area contributed by atoms with Crippen molar-refractivity contribution in [1.82, 2.24) is 10.3 Å². The molecular formula is C14H21BrN2O4. The number of nitrogens with one attached hydrogen (secondary N) is 1. The molecule has 1 amide bonds. The van der Waals surface area contributed by atoms with E-state index in [4.69, 9.17) is 14.2 Å². The largest absolute Gasteiger partial charge is 0.444 e. The van der Waals surface area contributed by atoms with Crippen LogP contribution in [0.2, 0.25) is 0 Å². The number of pyridine rings is 1. The van der Waals surface area contributed by atoms with Crippen LogP contribution in [0.3, 0.4) is 0 Å². The van der Waals surface area contributed by atoms with Crippen molar-refractivity contribution in [1.29, 1.82) is 0 Å². The summed E-state index contributed by atoms with van der Waals surface area (Å²) in [7, 11) is 3.00. The highest BCUT2D eigenvalue weighted by Gasteiger charge is 2.34. The van der Waals surface area contributed by atoms with Crippen LogP contribution in [0.25, 0.3) is 0 Å². The summed E-state index contributed by atoms with van der Waals surface area (Å²) < 4.78 is 16.9. The molecule has 1 rings (SSSR count). The first-order valence-electron chi connectivity index (χ1n) is 6.40. The summed E-state index contributed by atoms with van der Waals surface area (Å²) in [5.74, 6) is -1.13. The van der Waals surface area contributed by atoms with Gasteiger partial charge in [0.25, 0.3) is 0 Å². The summed E-state index contributed by atoms with van der Waals surface area (Å²) in [4.78, 5) is 15.8. The minimum absolute atomic E-state index is 0.0903. The van der Waals surface area contributed by atoms with Crippen LogP contribution in [0.5, 0.6) is 0 Å². The van der Waals surface area contributed by atoms with Gasteiger partial charge in [0.05, 0.1) is 6.54 Å². The zero-order chi connectivity index (χ0) is 16.1. The van der Waals surface area contributed by atoms with E-state index in [0.29, 0.717) is 5.56 Å². The Morgan fingerprint density at radius 1 is 1.29 bits per heavy atom. The number of ether oxygens (including phenoxy) is 3. The van der Waals surface area contributed by atoms with Gasteiger partial charge in [-0.2, -0.15) is 0 Å². The van der Waals surface area contributed by atoms with Gasteiger partial charge in [-0.1, -0.05) is 0 Å². The van der Waals surface area contributed by atoms with E-state index < -0.39 is 17.5 Å². The minimum atomic E-state index is -1.13. The lowest BCUT2D eigenvalue weighted by Crippen LogP contribution is -2.45. The molecular weight excluding hydrogens is 340 g/mol. The number of hydrogen-bond donors (Lipinski definition) is 1. The second-order valence-corrected chi connectivity index (χ2v) is 6.32. The van der Waals surface area contributed by atoms with Crippen LogP contribution in [-0.2, 0) is 20.0 Å². The fraction of sp³-hybridized carbons (Fsp3) is 0.571. The van der Waals surface area contributed by atoms with Crippen molar-refractivity contribution in [3.8, 4) is 0 Å². The number of methoxy groups -OCH3 is 2. The number of rotatable bonds is 5. The maximum atomic E-state index is 11.8. The fourth-order valence-corrected chi connectivity index (χ4v) is 2.05. The van der Waals surface area contributed by atoms with Crippen LogP contribution in [0, 0.1) is 0 Å². The number of alkyl carbamates (subject to hydrolysis) is 1. The first-order valence-corrected chi connectivity index (χ1v) is 7.20. The average molecular weight is 361 g/mol. The van der Waals surface area contributed by atoms with Crippen molar-refractivity contribution in [2.45, 2.75) is 32.2 Å². The molecule has 0 atom stereocenters. The molecule has 118 valence electrons. The normalized spacial score (nSPS) is 12.1. The second kappa shape index (κ2) is 7.20. The molecule has 0 unspecified atom stereocenters. The summed E-state index contributed by atoms with van der Waals surface area (Å²) in [6, 6.07) is 1.82. The van der Waals surface area contributed by atoms with E-state index in [1.165, 1.54) is 14.2 Å². The molecule has 1 heterocycles. The Balaban J connectivity index is 2.85. The number of carbonyl (C=O) groups is 1. The van der Waals surface area contributed by atoms with E-state index in [9.17, 15) is 4.79 Å². The quantitative estimate of drug-likeness (QED) is 0.817. The molecule has 0 fully saturated rings. The Morgan fingerprint density at radius 2 is 1.90 bits per heavy atom. The Kier molecular flexibility index (Phi) is 6.12. The smallest absolute Gasteiger partial charge is 0.407 e. The molecule has 1 aromatic heterocycles. The zero-order valence-corrected chi connectivity index (χ0v) is 14.5. The zero-order valence-electron chi connectivity index (χ0n) is 12.9. The van der Waals surface area contributed by atoms with Crippen molar-refractivity contribution >= 4 is 22.0 Å². The lowest BCUT2D eigenvalue weighted by atomic mass is 10.1. The molecule has 1 aromatic rings. The third kappa shape index (κ3) is 5.26. The highest BCUT2D eigenvalue weighted by atomic mass is 79.9. The van der Waals surface area contributed by atoms with E-state index in [2.05, 4.69) is 26.2 Å². The van der Waals surface area contributed by atoms with Crippen LogP contribution in [0.15, 0.2) is 22.9 Å². The summed E-state index contributed by atoms with van der Waals surface area (Å²) in [5, 5.41) is 2.65. The van der Waals surface area contributed by atoms with Crippen molar-refractivity contribution in [3.63, 3.8) is 0 Å². The number of halogens is 1. The summed E-state index contributed by atoms with van der Waals surface area (Å²) in [5.41, 5.74) is 0.113. The van der Waals surface area contributed by atoms with Crippen LogP contribution in [0.1, 0.15) is 26.3 Å². The number of carbonyl (C=O) groups excluding carboxylic acids is 1. The average Bonchev–Trinajstić information content (AvgIpc) is 2.38. The maximum absolute atomic E-state index is 11.8. The Hall–Kier alpha value is -1.18. The molecule has 21 heavy (non-hydrogen) atoms. The van der Waals surface area contributed by atoms with Gasteiger partial charge < -0.3 is 19.5 Å². The highest BCUT2D eigenvalue weighted by Crippen LogP contribution is 2.27. The first-order chi connectivity index (χ1) is 9.72. The molecule has 0 radical (unpaired) electrons. The third-order valence-corrected chi connectivity index (χ3v) is 3.10. The fourth-order valence-electron chi connectivity index (χ4n) is 1.69. The van der Waals surface area contributed by atoms with Crippen molar-refractivity contribution in [2.75, 3.05) is 20.8 Å². The van der Waals surface area contributed by atoms with Gasteiger partial charge in [0, 0.05) is 36.6 Å². The molecule has 0 aliphatic carbocycles. The van der Waals surface area contributed by atoms with E-state index in [-0.39, 0.29) is 6.54 Å². The first kappa shape index (κ1) is 17.9. The standard InChI is InChI=1S/C14H21BrN2O4/c1-13(2,3)21-12(18)17-9-14(19-4,20-5)10-6-11(15)8-16-7-10/h6-8H,9H2,1-5H3,(H,17,18). The molecule has 6 nitrogen and oxygen atoms in total. The van der Waals surface area contributed by atoms with Crippen LogP contribution in [-0.4, -0.2) is 37.4 Å². The van der Waals surface area contributed by atoms with Crippen LogP contribution < -0.4 is 5.32 Å². The lowest BCUT2D eigenvalue weighted by Gasteiger charge is -2.31. The number of aromatic nitrogens is 1. The second-order valence-electron chi connectivity index (χ2n) is 5.41. The summed E-state index contributed by atoms with van der Waals surface area (Å²) >= 11 is 3.35. The molecule has 0 saturated carbocycles. The van der Waals surface area contributed by atoms with Gasteiger partial charge in [0.15, 0.2) is 0 Å². The van der Waals surface area contributed by atoms with Gasteiger partial charge in [-0.3, -0.25) is 4.98 Å². The highest BCUT2D eigenvalue weighted by molar-refractivity contribution is 9.10. The van der Waals surface area contributed by atoms with Gasteiger partial charge in [0.2, 0.25) is 5.79 Å². The number of nitrogens with zero attached hydrogens (tertiary/aromatic N) is 1. The summed E-state index contributed by atoms with van der Waals surface area (Å²) in [6.07, 6.45) is 2.74. The van der Waals surface area contributed by atoms with E-state index in [0.717, 1.165) is 4.47 Å². The number of amides is 1. The van der Waals surface area contributed by atoms with Gasteiger partial charge in [0.1, 0.15) is 5.60 Å². The van der Waals surface area contributed by atoms with Gasteiger partial charge in [-0.25, -0.2) is 4.79 Å². The molecule has 0 bridgehead atoms. The van der Waals surface area contributed by atoms with E-state index in [1.807, 2.05) is 6.07 Å². The molecule has 1 N–H and O–H groups in total. The predicted octanol–water partition coefficient (Wildman–Crippen LogP) is 2.81. The van der Waals surface area contributed by atoms with Crippen LogP contribution >= 0.6 is 15.9 Å². The number of hydrogen-bond acceptors (Lipinski definition) is 5. The van der Waals surface area contributed by atoms with E-state index in [1.54, 1.807) is 33.2 Å². The monoisotopic (exact) mass is 360 g/mol. The molecule has 7 heteroatoms. The van der Waals surface area contributed by atoms with Crippen molar-refractivity contribution < 1.29 is 19.0 Å². The Morgan fingerprint density at radius 3 is 2.38 bits per heavy atom. The van der Waals surface area contributed by atoms with Crippen molar-refractivity contribution in [3.05, 3.63) is 28.5 Å². The van der Waals surface area contributed by atoms with Gasteiger partial charge in [-0.05, 0) is 42.8 Å². The SMILES string of the molecule is COC(CNC(=O)OC(C)(C)C)(OC)c1cncc(Br)c1. The van der Waals surface area contributed by atoms with Gasteiger partial charge >= 0.3 is 6.09 Å². The topological polar surface area (TPSA) is 69.7 Å². The molecule has 0 aliphatic rings. The molecule has 0 aliphatic heterocycles. The predicted molar refractivity (Wildman–Crippen MR) is 81.9 cm³/mol. The molecule has 0 spiro atoms. The lowest BCUT2D eigenvalue weighted by molar-refractivity contribution is -0.211. The van der Waals surface area contributed by atoms with E-state index >= 15 is 0 Å². The van der Waals surface area contributed by atoms with Crippen molar-refractivity contribution in [2.24, 2.45) is 0 Å². The van der Waals surface area contributed by atoms with Crippen LogP contribution in [0.4, 0.5) is 4.79 Å². The molecule has 0 aromatic carbocycles. The van der Waals surface area contributed by atoms with Gasteiger partial charge in [-0.15, -0.1) is 0 Å². The Labute approximate surface area is 133 Å². The Bertz CT molecular complexity index is 484.